The molecule has 0 radical (unpaired) electrons. The Morgan fingerprint density at radius 2 is 0.500 bits per heavy atom. The average molecular weight is 326 g/mol. The summed E-state index contributed by atoms with van der Waals surface area (Å²) in [5.41, 5.74) is 0. The van der Waals surface area contributed by atoms with Gasteiger partial charge >= 0.3 is 23.9 Å². The summed E-state index contributed by atoms with van der Waals surface area (Å²) in [4.78, 5) is 38.4. The van der Waals surface area contributed by atoms with E-state index in [2.05, 4.69) is 18.9 Å². The zero-order valence-corrected chi connectivity index (χ0v) is 15.3. The van der Waals surface area contributed by atoms with E-state index in [9.17, 15) is 19.2 Å². The first-order chi connectivity index (χ1) is 10.1. The second-order valence-corrected chi connectivity index (χ2v) is 2.78. The Hall–Kier alpha value is -2.12. The van der Waals surface area contributed by atoms with E-state index in [1.165, 1.54) is 56.1 Å². The van der Waals surface area contributed by atoms with Gasteiger partial charge in [-0.05, 0) is 0 Å². The highest BCUT2D eigenvalue weighted by atomic mass is 16.5. The number of carbonyl (C=O) groups is 4. The van der Waals surface area contributed by atoms with E-state index in [-0.39, 0.29) is 23.9 Å². The van der Waals surface area contributed by atoms with Gasteiger partial charge in [0.2, 0.25) is 0 Å². The van der Waals surface area contributed by atoms with Crippen LogP contribution in [0.15, 0.2) is 0 Å². The van der Waals surface area contributed by atoms with Crippen molar-refractivity contribution >= 4 is 23.9 Å². The summed E-state index contributed by atoms with van der Waals surface area (Å²) < 4.78 is 16.4. The minimum atomic E-state index is -0.245. The number of esters is 4. The van der Waals surface area contributed by atoms with Crippen LogP contribution in [0.1, 0.15) is 41.5 Å². The van der Waals surface area contributed by atoms with Crippen molar-refractivity contribution < 1.29 is 38.1 Å². The van der Waals surface area contributed by atoms with Gasteiger partial charge in [-0.15, -0.1) is 0 Å². The molecule has 0 unspecified atom stereocenters. The van der Waals surface area contributed by atoms with Crippen LogP contribution in [0.4, 0.5) is 0 Å². The normalized spacial score (nSPS) is 6.45. The Labute approximate surface area is 133 Å². The van der Waals surface area contributed by atoms with Gasteiger partial charge in [0.15, 0.2) is 0 Å². The molecular weight excluding hydrogens is 296 g/mol. The van der Waals surface area contributed by atoms with Crippen LogP contribution in [0.2, 0.25) is 0 Å². The molecule has 0 bridgehead atoms. The van der Waals surface area contributed by atoms with Crippen LogP contribution in [0.5, 0.6) is 0 Å². The predicted octanol–water partition coefficient (Wildman–Crippen LogP) is 1.74. The molecule has 8 heteroatoms. The Morgan fingerprint density at radius 1 is 0.455 bits per heavy atom. The number of rotatable bonds is 0. The van der Waals surface area contributed by atoms with Crippen LogP contribution >= 0.6 is 0 Å². The quantitative estimate of drug-likeness (QED) is 0.489. The molecular formula is C14H30O8. The van der Waals surface area contributed by atoms with Crippen LogP contribution in [0, 0.1) is 0 Å². The van der Waals surface area contributed by atoms with Gasteiger partial charge in [0.05, 0.1) is 28.4 Å². The third-order valence-electron chi connectivity index (χ3n) is 1.15. The Balaban J connectivity index is -0.0000000562. The second kappa shape index (κ2) is 31.3. The molecule has 0 aliphatic heterocycles. The van der Waals surface area contributed by atoms with E-state index in [1.54, 1.807) is 0 Å². The lowest BCUT2D eigenvalue weighted by molar-refractivity contribution is -0.138. The van der Waals surface area contributed by atoms with Crippen molar-refractivity contribution in [2.24, 2.45) is 0 Å². The molecule has 22 heavy (non-hydrogen) atoms. The van der Waals surface area contributed by atoms with E-state index in [1.807, 2.05) is 13.8 Å². The van der Waals surface area contributed by atoms with E-state index < -0.39 is 0 Å². The van der Waals surface area contributed by atoms with Gasteiger partial charge < -0.3 is 18.9 Å². The van der Waals surface area contributed by atoms with Crippen molar-refractivity contribution in [3.8, 4) is 0 Å². The molecule has 0 aliphatic carbocycles. The molecule has 0 aromatic carbocycles. The first-order valence-corrected chi connectivity index (χ1v) is 6.27. The molecule has 0 aromatic rings. The van der Waals surface area contributed by atoms with E-state index in [0.29, 0.717) is 0 Å². The molecule has 134 valence electrons. The molecule has 0 N–H and O–H groups in total. The third kappa shape index (κ3) is 147. The first-order valence-electron chi connectivity index (χ1n) is 6.27. The lowest BCUT2D eigenvalue weighted by Gasteiger charge is -1.80. The van der Waals surface area contributed by atoms with Crippen molar-refractivity contribution in [2.45, 2.75) is 41.5 Å². The van der Waals surface area contributed by atoms with E-state index in [0.717, 1.165) is 0 Å². The monoisotopic (exact) mass is 326 g/mol. The van der Waals surface area contributed by atoms with Crippen LogP contribution in [-0.4, -0.2) is 52.3 Å². The molecule has 8 nitrogen and oxygen atoms in total. The summed E-state index contributed by atoms with van der Waals surface area (Å²) in [5, 5.41) is 0. The minimum Gasteiger partial charge on any atom is -0.469 e. The fourth-order valence-corrected chi connectivity index (χ4v) is 0. The van der Waals surface area contributed by atoms with Gasteiger partial charge in [0.1, 0.15) is 0 Å². The van der Waals surface area contributed by atoms with Gasteiger partial charge in [0, 0.05) is 27.7 Å². The van der Waals surface area contributed by atoms with E-state index in [4.69, 9.17) is 0 Å². The zero-order chi connectivity index (χ0) is 19.1. The van der Waals surface area contributed by atoms with Crippen LogP contribution in [0.25, 0.3) is 0 Å². The van der Waals surface area contributed by atoms with Gasteiger partial charge in [-0.1, -0.05) is 13.8 Å². The molecule has 0 saturated carbocycles. The van der Waals surface area contributed by atoms with Crippen molar-refractivity contribution in [2.75, 3.05) is 28.4 Å². The fourth-order valence-electron chi connectivity index (χ4n) is 0. The Kier molecular flexibility index (Phi) is 45.6. The molecule has 0 saturated heterocycles. The molecule has 0 aliphatic rings. The van der Waals surface area contributed by atoms with Crippen LogP contribution in [0.3, 0.4) is 0 Å². The second-order valence-electron chi connectivity index (χ2n) is 2.78. The number of hydrogen-bond acceptors (Lipinski definition) is 8. The highest BCUT2D eigenvalue weighted by Crippen LogP contribution is 1.61. The van der Waals surface area contributed by atoms with Gasteiger partial charge in [-0.25, -0.2) is 0 Å². The van der Waals surface area contributed by atoms with Crippen LogP contribution in [-0.2, 0) is 38.1 Å². The minimum absolute atomic E-state index is 0.245. The van der Waals surface area contributed by atoms with Crippen molar-refractivity contribution in [3.05, 3.63) is 0 Å². The smallest absolute Gasteiger partial charge is 0.302 e. The highest BCUT2D eigenvalue weighted by molar-refractivity contribution is 5.66. The molecule has 0 rings (SSSR count). The molecule has 0 aromatic heterocycles. The topological polar surface area (TPSA) is 105 Å². The lowest BCUT2D eigenvalue weighted by atomic mass is 10.8. The van der Waals surface area contributed by atoms with Crippen LogP contribution < -0.4 is 0 Å². The summed E-state index contributed by atoms with van der Waals surface area (Å²) in [6.07, 6.45) is 0. The number of hydrogen-bond donors (Lipinski definition) is 0. The Morgan fingerprint density at radius 3 is 0.500 bits per heavy atom. The standard InChI is InChI=1S/4C3H6O2.C2H6/c4*1-3(4)5-2;1-2/h4*1-2H3;1-2H3. The maximum Gasteiger partial charge on any atom is 0.302 e. The van der Waals surface area contributed by atoms with Gasteiger partial charge in [-0.3, -0.25) is 19.2 Å². The van der Waals surface area contributed by atoms with Crippen molar-refractivity contribution in [3.63, 3.8) is 0 Å². The zero-order valence-electron chi connectivity index (χ0n) is 15.3. The van der Waals surface area contributed by atoms with Crippen molar-refractivity contribution in [1.29, 1.82) is 0 Å². The number of carbonyl (C=O) groups excluding carboxylic acids is 4. The highest BCUT2D eigenvalue weighted by Gasteiger charge is 1.77. The SMILES string of the molecule is CC.COC(C)=O.COC(C)=O.COC(C)=O.COC(C)=O. The van der Waals surface area contributed by atoms with Crippen molar-refractivity contribution in [1.82, 2.24) is 0 Å². The molecule has 0 fully saturated rings. The summed E-state index contributed by atoms with van der Waals surface area (Å²) in [5.74, 6) is -0.981. The van der Waals surface area contributed by atoms with E-state index >= 15 is 0 Å². The predicted molar refractivity (Wildman–Crippen MR) is 82.1 cm³/mol. The average Bonchev–Trinajstić information content (AvgIpc) is 2.50. The van der Waals surface area contributed by atoms with Gasteiger partial charge in [-0.2, -0.15) is 0 Å². The fraction of sp³-hybridized carbons (Fsp3) is 0.714. The number of ether oxygens (including phenoxy) is 4. The molecule has 0 amide bonds. The maximum absolute atomic E-state index is 9.59. The Bertz CT molecular complexity index is 218. The van der Waals surface area contributed by atoms with Gasteiger partial charge in [0.25, 0.3) is 0 Å². The maximum atomic E-state index is 9.59. The molecule has 0 atom stereocenters. The first kappa shape index (κ1) is 32.0. The summed E-state index contributed by atoms with van der Waals surface area (Å²) in [6, 6.07) is 0. The third-order valence-corrected chi connectivity index (χ3v) is 1.15. The summed E-state index contributed by atoms with van der Waals surface area (Å²) >= 11 is 0. The largest absolute Gasteiger partial charge is 0.469 e. The molecule has 0 spiro atoms. The molecule has 0 heterocycles. The lowest BCUT2D eigenvalue weighted by Crippen LogP contribution is -1.88. The number of methoxy groups -OCH3 is 4. The summed E-state index contributed by atoms with van der Waals surface area (Å²) in [6.45, 7) is 9.44. The summed E-state index contributed by atoms with van der Waals surface area (Å²) in [7, 11) is 5.40.